The minimum absolute atomic E-state index is 0.0281. The average Bonchev–Trinajstić information content (AvgIpc) is 3.24. The summed E-state index contributed by atoms with van der Waals surface area (Å²) in [6.07, 6.45) is 1.90. The number of carbonyl (C=O) groups is 3. The van der Waals surface area contributed by atoms with Gasteiger partial charge in [0.15, 0.2) is 0 Å². The highest BCUT2D eigenvalue weighted by Crippen LogP contribution is 2.18. The number of imide groups is 1. The number of carbonyl (C=O) groups excluding carboxylic acids is 3. The van der Waals surface area contributed by atoms with Gasteiger partial charge in [0, 0.05) is 16.8 Å². The molecule has 8 heteroatoms. The van der Waals surface area contributed by atoms with Crippen LogP contribution in [-0.4, -0.2) is 48.9 Å². The maximum Gasteiger partial charge on any atom is 0.321 e. The van der Waals surface area contributed by atoms with Crippen molar-refractivity contribution in [3.63, 3.8) is 0 Å². The van der Waals surface area contributed by atoms with Crippen LogP contribution in [0.2, 0.25) is 5.02 Å². The number of urea groups is 1. The first kappa shape index (κ1) is 17.2. The van der Waals surface area contributed by atoms with Gasteiger partial charge in [0.2, 0.25) is 11.8 Å². The molecule has 23 heavy (non-hydrogen) atoms. The molecule has 0 aliphatic heterocycles. The predicted molar refractivity (Wildman–Crippen MR) is 87.3 cm³/mol. The van der Waals surface area contributed by atoms with E-state index < -0.39 is 11.9 Å². The molecule has 0 heterocycles. The van der Waals surface area contributed by atoms with Gasteiger partial charge in [0.1, 0.15) is 0 Å². The predicted octanol–water partition coefficient (Wildman–Crippen LogP) is 1.20. The number of hydrogen-bond donors (Lipinski definition) is 3. The van der Waals surface area contributed by atoms with Crippen molar-refractivity contribution in [2.75, 3.05) is 25.5 Å². The van der Waals surface area contributed by atoms with Gasteiger partial charge in [0.05, 0.1) is 13.1 Å². The number of nitrogens with zero attached hydrogens (tertiary/aromatic N) is 1. The Morgan fingerprint density at radius 1 is 1.13 bits per heavy atom. The van der Waals surface area contributed by atoms with Crippen LogP contribution in [0.15, 0.2) is 24.3 Å². The summed E-state index contributed by atoms with van der Waals surface area (Å²) < 4.78 is 0. The van der Waals surface area contributed by atoms with Gasteiger partial charge < -0.3 is 10.6 Å². The Kier molecular flexibility index (Phi) is 5.95. The van der Waals surface area contributed by atoms with Crippen LogP contribution in [0.1, 0.15) is 12.8 Å². The molecule has 1 aliphatic rings. The molecule has 4 amide bonds. The lowest BCUT2D eigenvalue weighted by atomic mass is 10.3. The summed E-state index contributed by atoms with van der Waals surface area (Å²) in [5, 5.41) is 8.17. The van der Waals surface area contributed by atoms with Crippen LogP contribution in [-0.2, 0) is 9.59 Å². The van der Waals surface area contributed by atoms with Crippen molar-refractivity contribution >= 4 is 35.1 Å². The van der Waals surface area contributed by atoms with Crippen LogP contribution in [0.4, 0.5) is 10.5 Å². The summed E-state index contributed by atoms with van der Waals surface area (Å²) >= 11 is 5.77. The van der Waals surface area contributed by atoms with Crippen molar-refractivity contribution in [3.05, 3.63) is 29.3 Å². The minimum atomic E-state index is -0.489. The first-order chi connectivity index (χ1) is 10.9. The SMILES string of the molecule is CN(CC(=O)NC(=O)NC1CC1)CC(=O)Nc1ccc(Cl)cc1. The third kappa shape index (κ3) is 6.66. The molecule has 0 radical (unpaired) electrons. The van der Waals surface area contributed by atoms with Gasteiger partial charge in [-0.15, -0.1) is 0 Å². The molecule has 0 atom stereocenters. The number of hydrogen-bond acceptors (Lipinski definition) is 4. The van der Waals surface area contributed by atoms with E-state index in [0.717, 1.165) is 12.8 Å². The van der Waals surface area contributed by atoms with E-state index in [0.29, 0.717) is 10.7 Å². The second-order valence-corrected chi connectivity index (χ2v) is 5.96. The summed E-state index contributed by atoms with van der Waals surface area (Å²) in [4.78, 5) is 36.5. The molecule has 124 valence electrons. The number of anilines is 1. The molecule has 2 rings (SSSR count). The second kappa shape index (κ2) is 7.94. The Morgan fingerprint density at radius 3 is 2.35 bits per heavy atom. The smallest absolute Gasteiger partial charge is 0.321 e. The zero-order valence-electron chi connectivity index (χ0n) is 12.8. The van der Waals surface area contributed by atoms with Crippen molar-refractivity contribution in [1.82, 2.24) is 15.5 Å². The van der Waals surface area contributed by atoms with Crippen molar-refractivity contribution in [1.29, 1.82) is 0 Å². The number of halogens is 1. The van der Waals surface area contributed by atoms with Gasteiger partial charge in [0.25, 0.3) is 0 Å². The molecular weight excluding hydrogens is 320 g/mol. The maximum absolute atomic E-state index is 11.9. The number of nitrogens with one attached hydrogen (secondary N) is 3. The van der Waals surface area contributed by atoms with Crippen LogP contribution in [0, 0.1) is 0 Å². The van der Waals surface area contributed by atoms with Crippen LogP contribution in [0.25, 0.3) is 0 Å². The Bertz CT molecular complexity index is 587. The Labute approximate surface area is 139 Å². The molecule has 0 saturated heterocycles. The van der Waals surface area contributed by atoms with Crippen molar-refractivity contribution in [2.45, 2.75) is 18.9 Å². The standard InChI is InChI=1S/C15H19ClN4O3/c1-20(9-14(22)19-15(23)18-12-6-7-12)8-13(21)17-11-4-2-10(16)3-5-11/h2-5,12H,6-9H2,1H3,(H,17,21)(H2,18,19,22,23). The first-order valence-corrected chi connectivity index (χ1v) is 7.64. The lowest BCUT2D eigenvalue weighted by Gasteiger charge is -2.15. The van der Waals surface area contributed by atoms with E-state index in [9.17, 15) is 14.4 Å². The van der Waals surface area contributed by atoms with Crippen LogP contribution < -0.4 is 16.0 Å². The van der Waals surface area contributed by atoms with E-state index in [4.69, 9.17) is 11.6 Å². The molecule has 0 unspecified atom stereocenters. The third-order valence-corrected chi connectivity index (χ3v) is 3.37. The van der Waals surface area contributed by atoms with Crippen LogP contribution in [0.5, 0.6) is 0 Å². The average molecular weight is 339 g/mol. The van der Waals surface area contributed by atoms with E-state index in [1.54, 1.807) is 31.3 Å². The van der Waals surface area contributed by atoms with Crippen LogP contribution in [0.3, 0.4) is 0 Å². The van der Waals surface area contributed by atoms with Gasteiger partial charge in [-0.3, -0.25) is 19.8 Å². The molecule has 7 nitrogen and oxygen atoms in total. The fraction of sp³-hybridized carbons (Fsp3) is 0.400. The Hall–Kier alpha value is -2.12. The summed E-state index contributed by atoms with van der Waals surface area (Å²) in [7, 11) is 1.62. The van der Waals surface area contributed by atoms with Gasteiger partial charge in [-0.1, -0.05) is 11.6 Å². The number of amides is 4. The lowest BCUT2D eigenvalue weighted by Crippen LogP contribution is -2.45. The molecule has 1 aromatic rings. The van der Waals surface area contributed by atoms with E-state index in [2.05, 4.69) is 16.0 Å². The summed E-state index contributed by atoms with van der Waals surface area (Å²) in [5.41, 5.74) is 0.626. The summed E-state index contributed by atoms with van der Waals surface area (Å²) in [6.45, 7) is -0.0214. The molecule has 0 aromatic heterocycles. The van der Waals surface area contributed by atoms with E-state index >= 15 is 0 Å². The molecule has 1 aromatic carbocycles. The van der Waals surface area contributed by atoms with Gasteiger partial charge in [-0.05, 0) is 44.2 Å². The molecule has 1 aliphatic carbocycles. The summed E-state index contributed by atoms with van der Waals surface area (Å²) in [6, 6.07) is 6.42. The largest absolute Gasteiger partial charge is 0.335 e. The molecule has 0 spiro atoms. The highest BCUT2D eigenvalue weighted by atomic mass is 35.5. The lowest BCUT2D eigenvalue weighted by molar-refractivity contribution is -0.122. The third-order valence-electron chi connectivity index (χ3n) is 3.12. The highest BCUT2D eigenvalue weighted by molar-refractivity contribution is 6.30. The zero-order valence-corrected chi connectivity index (χ0v) is 13.5. The number of likely N-dealkylation sites (N-methyl/N-ethyl adjacent to an activating group) is 1. The Morgan fingerprint density at radius 2 is 1.74 bits per heavy atom. The molecule has 1 fully saturated rings. The Balaban J connectivity index is 1.69. The van der Waals surface area contributed by atoms with E-state index in [1.807, 2.05) is 0 Å². The topological polar surface area (TPSA) is 90.5 Å². The van der Waals surface area contributed by atoms with Gasteiger partial charge in [-0.25, -0.2) is 4.79 Å². The fourth-order valence-corrected chi connectivity index (χ4v) is 2.02. The first-order valence-electron chi connectivity index (χ1n) is 7.26. The molecular formula is C15H19ClN4O3. The number of benzene rings is 1. The number of rotatable bonds is 6. The van der Waals surface area contributed by atoms with Crippen molar-refractivity contribution < 1.29 is 14.4 Å². The van der Waals surface area contributed by atoms with E-state index in [-0.39, 0.29) is 25.0 Å². The van der Waals surface area contributed by atoms with Gasteiger partial charge >= 0.3 is 6.03 Å². The van der Waals surface area contributed by atoms with Gasteiger partial charge in [-0.2, -0.15) is 0 Å². The zero-order chi connectivity index (χ0) is 16.8. The normalized spacial score (nSPS) is 13.5. The molecule has 3 N–H and O–H groups in total. The van der Waals surface area contributed by atoms with Crippen molar-refractivity contribution in [3.8, 4) is 0 Å². The monoisotopic (exact) mass is 338 g/mol. The molecule has 1 saturated carbocycles. The molecule has 0 bridgehead atoms. The van der Waals surface area contributed by atoms with Crippen LogP contribution >= 0.6 is 11.6 Å². The van der Waals surface area contributed by atoms with E-state index in [1.165, 1.54) is 4.90 Å². The summed E-state index contributed by atoms with van der Waals surface area (Å²) in [5.74, 6) is -0.713. The fourth-order valence-electron chi connectivity index (χ4n) is 1.90. The second-order valence-electron chi connectivity index (χ2n) is 5.52. The van der Waals surface area contributed by atoms with Crippen molar-refractivity contribution in [2.24, 2.45) is 0 Å². The maximum atomic E-state index is 11.9. The quantitative estimate of drug-likeness (QED) is 0.727. The minimum Gasteiger partial charge on any atom is -0.335 e. The highest BCUT2D eigenvalue weighted by Gasteiger charge is 2.24.